The lowest BCUT2D eigenvalue weighted by atomic mass is 9.93. The van der Waals surface area contributed by atoms with Crippen molar-refractivity contribution in [3.63, 3.8) is 0 Å². The first kappa shape index (κ1) is 17.3. The van der Waals surface area contributed by atoms with Crippen LogP contribution in [0.1, 0.15) is 24.5 Å². The maximum atomic E-state index is 12.5. The second-order valence-corrected chi connectivity index (χ2v) is 5.76. The Kier molecular flexibility index (Phi) is 5.29. The molecule has 2 rings (SSSR count). The molecule has 0 spiro atoms. The summed E-state index contributed by atoms with van der Waals surface area (Å²) in [6, 6.07) is 5.09. The number of rotatable bonds is 4. The summed E-state index contributed by atoms with van der Waals surface area (Å²) in [5.74, 6) is 0.504. The number of likely N-dealkylation sites (tertiary alicyclic amines) is 1. The molecular formula is C18H20F3NO. The SMILES string of the molecule is C=CC(=O)N1C[C@@H](CC)[C@H](/C=C\c2ccc(C(F)(F)F)cc2)C1. The van der Waals surface area contributed by atoms with E-state index in [1.165, 1.54) is 18.2 Å². The molecule has 1 amide bonds. The van der Waals surface area contributed by atoms with E-state index < -0.39 is 11.7 Å². The smallest absolute Gasteiger partial charge is 0.338 e. The summed E-state index contributed by atoms with van der Waals surface area (Å²) in [4.78, 5) is 13.5. The van der Waals surface area contributed by atoms with Gasteiger partial charge in [0.2, 0.25) is 5.91 Å². The van der Waals surface area contributed by atoms with E-state index in [2.05, 4.69) is 13.5 Å². The molecule has 1 aliphatic heterocycles. The zero-order valence-corrected chi connectivity index (χ0v) is 13.0. The van der Waals surface area contributed by atoms with Crippen LogP contribution in [0.5, 0.6) is 0 Å². The Bertz CT molecular complexity index is 589. The number of carbonyl (C=O) groups excluding carboxylic acids is 1. The summed E-state index contributed by atoms with van der Waals surface area (Å²) < 4.78 is 37.6. The Morgan fingerprint density at radius 3 is 2.48 bits per heavy atom. The molecule has 5 heteroatoms. The molecule has 1 aromatic rings. The van der Waals surface area contributed by atoms with E-state index >= 15 is 0 Å². The quantitative estimate of drug-likeness (QED) is 0.753. The predicted octanol–water partition coefficient (Wildman–Crippen LogP) is 4.39. The number of amides is 1. The van der Waals surface area contributed by atoms with Gasteiger partial charge in [-0.3, -0.25) is 4.79 Å². The molecule has 2 nitrogen and oxygen atoms in total. The Hall–Kier alpha value is -2.04. The first-order valence-corrected chi connectivity index (χ1v) is 7.62. The van der Waals surface area contributed by atoms with Crippen molar-refractivity contribution in [2.24, 2.45) is 11.8 Å². The molecule has 124 valence electrons. The van der Waals surface area contributed by atoms with Gasteiger partial charge in [0.05, 0.1) is 5.56 Å². The number of alkyl halides is 3. The highest BCUT2D eigenvalue weighted by Gasteiger charge is 2.32. The highest BCUT2D eigenvalue weighted by Crippen LogP contribution is 2.30. The van der Waals surface area contributed by atoms with Crippen molar-refractivity contribution in [1.82, 2.24) is 4.90 Å². The molecule has 2 atom stereocenters. The molecule has 0 aromatic heterocycles. The molecule has 1 saturated heterocycles. The van der Waals surface area contributed by atoms with Crippen LogP contribution >= 0.6 is 0 Å². The van der Waals surface area contributed by atoms with Crippen molar-refractivity contribution < 1.29 is 18.0 Å². The van der Waals surface area contributed by atoms with Gasteiger partial charge < -0.3 is 4.90 Å². The third kappa shape index (κ3) is 4.24. The van der Waals surface area contributed by atoms with Crippen LogP contribution in [-0.4, -0.2) is 23.9 Å². The average molecular weight is 323 g/mol. The fourth-order valence-corrected chi connectivity index (χ4v) is 2.87. The first-order chi connectivity index (χ1) is 10.8. The third-order valence-electron chi connectivity index (χ3n) is 4.28. The Morgan fingerprint density at radius 2 is 1.96 bits per heavy atom. The van der Waals surface area contributed by atoms with Crippen LogP contribution in [0.2, 0.25) is 0 Å². The van der Waals surface area contributed by atoms with Gasteiger partial charge in [0.25, 0.3) is 0 Å². The minimum Gasteiger partial charge on any atom is -0.338 e. The van der Waals surface area contributed by atoms with Gasteiger partial charge in [-0.2, -0.15) is 13.2 Å². The lowest BCUT2D eigenvalue weighted by Crippen LogP contribution is -2.26. The molecule has 0 saturated carbocycles. The highest BCUT2D eigenvalue weighted by molar-refractivity contribution is 5.87. The molecule has 1 fully saturated rings. The van der Waals surface area contributed by atoms with Crippen LogP contribution in [0.25, 0.3) is 6.08 Å². The zero-order chi connectivity index (χ0) is 17.0. The second-order valence-electron chi connectivity index (χ2n) is 5.76. The summed E-state index contributed by atoms with van der Waals surface area (Å²) in [5, 5.41) is 0. The average Bonchev–Trinajstić information content (AvgIpc) is 2.95. The van der Waals surface area contributed by atoms with E-state index in [9.17, 15) is 18.0 Å². The van der Waals surface area contributed by atoms with E-state index in [4.69, 9.17) is 0 Å². The zero-order valence-electron chi connectivity index (χ0n) is 13.0. The number of nitrogens with zero attached hydrogens (tertiary/aromatic N) is 1. The lowest BCUT2D eigenvalue weighted by Gasteiger charge is -2.12. The van der Waals surface area contributed by atoms with Gasteiger partial charge in [0.1, 0.15) is 0 Å². The predicted molar refractivity (Wildman–Crippen MR) is 84.5 cm³/mol. The minimum absolute atomic E-state index is 0.0751. The van der Waals surface area contributed by atoms with Gasteiger partial charge in [0.15, 0.2) is 0 Å². The lowest BCUT2D eigenvalue weighted by molar-refractivity contribution is -0.137. The molecule has 1 aliphatic rings. The number of hydrogen-bond donors (Lipinski definition) is 0. The maximum Gasteiger partial charge on any atom is 0.416 e. The van der Waals surface area contributed by atoms with Crippen molar-refractivity contribution in [3.8, 4) is 0 Å². The fourth-order valence-electron chi connectivity index (χ4n) is 2.87. The third-order valence-corrected chi connectivity index (χ3v) is 4.28. The van der Waals surface area contributed by atoms with Crippen molar-refractivity contribution in [3.05, 3.63) is 54.1 Å². The Morgan fingerprint density at radius 1 is 1.30 bits per heavy atom. The second kappa shape index (κ2) is 7.02. The van der Waals surface area contributed by atoms with Crippen LogP contribution in [0, 0.1) is 11.8 Å². The normalized spacial score (nSPS) is 21.8. The molecule has 1 aromatic carbocycles. The summed E-state index contributed by atoms with van der Waals surface area (Å²) >= 11 is 0. The van der Waals surface area contributed by atoms with Crippen LogP contribution in [-0.2, 0) is 11.0 Å². The number of carbonyl (C=O) groups is 1. The van der Waals surface area contributed by atoms with Gasteiger partial charge in [-0.15, -0.1) is 0 Å². The molecule has 0 aliphatic carbocycles. The number of halogens is 3. The topological polar surface area (TPSA) is 20.3 Å². The molecule has 0 unspecified atom stereocenters. The van der Waals surface area contributed by atoms with Crippen molar-refractivity contribution in [2.45, 2.75) is 19.5 Å². The number of hydrogen-bond acceptors (Lipinski definition) is 1. The summed E-state index contributed by atoms with van der Waals surface area (Å²) in [5.41, 5.74) is 0.0751. The standard InChI is InChI=1S/C18H20F3NO/c1-3-14-11-22(17(23)4-2)12-15(14)8-5-13-6-9-16(10-7-13)18(19,20)21/h4-10,14-15H,2-3,11-12H2,1H3/b8-5-/t14-,15-/m1/s1. The van der Waals surface area contributed by atoms with Crippen LogP contribution < -0.4 is 0 Å². The van der Waals surface area contributed by atoms with Gasteiger partial charge in [0, 0.05) is 13.1 Å². The summed E-state index contributed by atoms with van der Waals surface area (Å²) in [6.07, 6.45) is 1.77. The van der Waals surface area contributed by atoms with E-state index in [1.807, 2.05) is 12.2 Å². The van der Waals surface area contributed by atoms with Crippen LogP contribution in [0.3, 0.4) is 0 Å². The van der Waals surface area contributed by atoms with Gasteiger partial charge in [-0.1, -0.05) is 44.2 Å². The van der Waals surface area contributed by atoms with Crippen LogP contribution in [0.15, 0.2) is 43.0 Å². The first-order valence-electron chi connectivity index (χ1n) is 7.62. The van der Waals surface area contributed by atoms with Gasteiger partial charge >= 0.3 is 6.18 Å². The maximum absolute atomic E-state index is 12.5. The van der Waals surface area contributed by atoms with E-state index in [0.29, 0.717) is 19.0 Å². The molecular weight excluding hydrogens is 303 g/mol. The molecule has 0 N–H and O–H groups in total. The van der Waals surface area contributed by atoms with Crippen molar-refractivity contribution in [2.75, 3.05) is 13.1 Å². The van der Waals surface area contributed by atoms with E-state index in [-0.39, 0.29) is 11.8 Å². The van der Waals surface area contributed by atoms with Gasteiger partial charge in [-0.25, -0.2) is 0 Å². The summed E-state index contributed by atoms with van der Waals surface area (Å²) in [7, 11) is 0. The molecule has 1 heterocycles. The fraction of sp³-hybridized carbons (Fsp3) is 0.389. The van der Waals surface area contributed by atoms with E-state index in [1.54, 1.807) is 4.90 Å². The molecule has 0 bridgehead atoms. The Labute approximate surface area is 134 Å². The number of benzene rings is 1. The monoisotopic (exact) mass is 323 g/mol. The Balaban J connectivity index is 2.06. The van der Waals surface area contributed by atoms with Crippen molar-refractivity contribution >= 4 is 12.0 Å². The molecule has 0 radical (unpaired) electrons. The highest BCUT2D eigenvalue weighted by atomic mass is 19.4. The summed E-state index contributed by atoms with van der Waals surface area (Å²) in [6.45, 7) is 6.90. The minimum atomic E-state index is -4.31. The van der Waals surface area contributed by atoms with Crippen LogP contribution in [0.4, 0.5) is 13.2 Å². The van der Waals surface area contributed by atoms with E-state index in [0.717, 1.165) is 24.1 Å². The van der Waals surface area contributed by atoms with Crippen molar-refractivity contribution in [1.29, 1.82) is 0 Å². The van der Waals surface area contributed by atoms with Gasteiger partial charge in [-0.05, 0) is 35.6 Å². The molecule has 23 heavy (non-hydrogen) atoms. The largest absolute Gasteiger partial charge is 0.416 e.